The van der Waals surface area contributed by atoms with Gasteiger partial charge in [0.1, 0.15) is 11.6 Å². The molecule has 1 aromatic carbocycles. The third-order valence-electron chi connectivity index (χ3n) is 3.19. The van der Waals surface area contributed by atoms with Crippen molar-refractivity contribution >= 4 is 0 Å². The molecule has 0 bridgehead atoms. The van der Waals surface area contributed by atoms with Crippen molar-refractivity contribution in [3.63, 3.8) is 0 Å². The van der Waals surface area contributed by atoms with Crippen molar-refractivity contribution in [1.29, 1.82) is 0 Å². The Morgan fingerprint density at radius 2 is 2.15 bits per heavy atom. The molecular formula is C16H22FN3. The first-order chi connectivity index (χ1) is 9.61. The highest BCUT2D eigenvalue weighted by atomic mass is 19.1. The van der Waals surface area contributed by atoms with E-state index < -0.39 is 0 Å². The lowest BCUT2D eigenvalue weighted by atomic mass is 10.1. The predicted molar refractivity (Wildman–Crippen MR) is 79.4 cm³/mol. The summed E-state index contributed by atoms with van der Waals surface area (Å²) in [6, 6.07) is 5.38. The van der Waals surface area contributed by atoms with E-state index in [-0.39, 0.29) is 5.82 Å². The standard InChI is InChI=1S/C16H22FN3/c1-4-16-19-7-8-20(16)15-6-5-13(9-14(15)17)11-18-10-12(2)3/h5-9,12,18H,4,10-11H2,1-3H3. The van der Waals surface area contributed by atoms with Gasteiger partial charge in [0, 0.05) is 25.4 Å². The van der Waals surface area contributed by atoms with Gasteiger partial charge in [0.15, 0.2) is 0 Å². The van der Waals surface area contributed by atoms with Gasteiger partial charge in [-0.3, -0.25) is 0 Å². The second-order valence-electron chi connectivity index (χ2n) is 5.38. The van der Waals surface area contributed by atoms with Gasteiger partial charge in [-0.25, -0.2) is 9.37 Å². The lowest BCUT2D eigenvalue weighted by Gasteiger charge is -2.11. The number of halogens is 1. The Kier molecular flexibility index (Phi) is 4.90. The minimum absolute atomic E-state index is 0.207. The van der Waals surface area contributed by atoms with Crippen LogP contribution in [0.5, 0.6) is 0 Å². The molecular weight excluding hydrogens is 253 g/mol. The van der Waals surface area contributed by atoms with Crippen LogP contribution >= 0.6 is 0 Å². The first kappa shape index (κ1) is 14.7. The zero-order valence-corrected chi connectivity index (χ0v) is 12.4. The summed E-state index contributed by atoms with van der Waals surface area (Å²) in [5.41, 5.74) is 1.53. The van der Waals surface area contributed by atoms with Gasteiger partial charge in [-0.05, 0) is 30.2 Å². The molecule has 0 spiro atoms. The maximum atomic E-state index is 14.2. The SMILES string of the molecule is CCc1nccn1-c1ccc(CNCC(C)C)cc1F. The van der Waals surface area contributed by atoms with Gasteiger partial charge in [0.25, 0.3) is 0 Å². The third kappa shape index (κ3) is 3.45. The number of rotatable bonds is 6. The number of aromatic nitrogens is 2. The van der Waals surface area contributed by atoms with E-state index in [4.69, 9.17) is 0 Å². The molecule has 0 fully saturated rings. The van der Waals surface area contributed by atoms with Crippen LogP contribution in [0, 0.1) is 11.7 Å². The Morgan fingerprint density at radius 1 is 1.35 bits per heavy atom. The van der Waals surface area contributed by atoms with E-state index in [1.807, 2.05) is 19.1 Å². The minimum Gasteiger partial charge on any atom is -0.312 e. The van der Waals surface area contributed by atoms with Crippen LogP contribution in [0.2, 0.25) is 0 Å². The average molecular weight is 275 g/mol. The molecule has 108 valence electrons. The topological polar surface area (TPSA) is 29.9 Å². The lowest BCUT2D eigenvalue weighted by molar-refractivity contribution is 0.549. The van der Waals surface area contributed by atoms with Crippen LogP contribution in [0.25, 0.3) is 5.69 Å². The summed E-state index contributed by atoms with van der Waals surface area (Å²) in [6.07, 6.45) is 4.29. The van der Waals surface area contributed by atoms with Crippen molar-refractivity contribution < 1.29 is 4.39 Å². The molecule has 0 aliphatic rings. The van der Waals surface area contributed by atoms with Crippen LogP contribution in [0.4, 0.5) is 4.39 Å². The minimum atomic E-state index is -0.207. The molecule has 1 heterocycles. The molecule has 20 heavy (non-hydrogen) atoms. The normalized spacial score (nSPS) is 11.2. The summed E-state index contributed by atoms with van der Waals surface area (Å²) in [5, 5.41) is 3.32. The van der Waals surface area contributed by atoms with Gasteiger partial charge >= 0.3 is 0 Å². The third-order valence-corrected chi connectivity index (χ3v) is 3.19. The summed E-state index contributed by atoms with van der Waals surface area (Å²) >= 11 is 0. The van der Waals surface area contributed by atoms with Gasteiger partial charge in [0.05, 0.1) is 5.69 Å². The first-order valence-electron chi connectivity index (χ1n) is 7.13. The number of nitrogens with one attached hydrogen (secondary N) is 1. The summed E-state index contributed by atoms with van der Waals surface area (Å²) in [7, 11) is 0. The molecule has 0 atom stereocenters. The van der Waals surface area contributed by atoms with Gasteiger partial charge in [-0.2, -0.15) is 0 Å². The Morgan fingerprint density at radius 3 is 2.80 bits per heavy atom. The molecule has 0 saturated heterocycles. The van der Waals surface area contributed by atoms with E-state index >= 15 is 0 Å². The summed E-state index contributed by atoms with van der Waals surface area (Å²) < 4.78 is 16.0. The van der Waals surface area contributed by atoms with E-state index in [2.05, 4.69) is 24.1 Å². The van der Waals surface area contributed by atoms with Crippen LogP contribution in [0.15, 0.2) is 30.6 Å². The zero-order chi connectivity index (χ0) is 14.5. The Bertz CT molecular complexity index is 561. The fourth-order valence-electron chi connectivity index (χ4n) is 2.18. The van der Waals surface area contributed by atoms with Crippen molar-refractivity contribution in [2.24, 2.45) is 5.92 Å². The van der Waals surface area contributed by atoms with Gasteiger partial charge < -0.3 is 9.88 Å². The highest BCUT2D eigenvalue weighted by Gasteiger charge is 2.09. The van der Waals surface area contributed by atoms with E-state index in [1.54, 1.807) is 23.0 Å². The molecule has 3 nitrogen and oxygen atoms in total. The fraction of sp³-hybridized carbons (Fsp3) is 0.438. The maximum Gasteiger partial charge on any atom is 0.147 e. The molecule has 0 unspecified atom stereocenters. The summed E-state index contributed by atoms with van der Waals surface area (Å²) in [4.78, 5) is 4.23. The number of benzene rings is 1. The van der Waals surface area contributed by atoms with Crippen molar-refractivity contribution in [2.45, 2.75) is 33.7 Å². The highest BCUT2D eigenvalue weighted by molar-refractivity contribution is 5.37. The van der Waals surface area contributed by atoms with Gasteiger partial charge in [-0.1, -0.05) is 26.8 Å². The van der Waals surface area contributed by atoms with Crippen LogP contribution in [-0.4, -0.2) is 16.1 Å². The average Bonchev–Trinajstić information content (AvgIpc) is 2.86. The Hall–Kier alpha value is -1.68. The summed E-state index contributed by atoms with van der Waals surface area (Å²) in [6.45, 7) is 7.95. The highest BCUT2D eigenvalue weighted by Crippen LogP contribution is 2.17. The second kappa shape index (κ2) is 6.66. The van der Waals surface area contributed by atoms with Crippen LogP contribution in [0.3, 0.4) is 0 Å². The number of hydrogen-bond acceptors (Lipinski definition) is 2. The molecule has 0 aliphatic carbocycles. The van der Waals surface area contributed by atoms with Crippen molar-refractivity contribution in [2.75, 3.05) is 6.54 Å². The number of nitrogens with zero attached hydrogens (tertiary/aromatic N) is 2. The second-order valence-corrected chi connectivity index (χ2v) is 5.38. The Balaban J connectivity index is 2.14. The Labute approximate surface area is 119 Å². The van der Waals surface area contributed by atoms with Crippen LogP contribution < -0.4 is 5.32 Å². The number of imidazole rings is 1. The van der Waals surface area contributed by atoms with Gasteiger partial charge in [0.2, 0.25) is 0 Å². The number of aryl methyl sites for hydroxylation is 1. The number of hydrogen-bond donors (Lipinski definition) is 1. The zero-order valence-electron chi connectivity index (χ0n) is 12.4. The quantitative estimate of drug-likeness (QED) is 0.876. The van der Waals surface area contributed by atoms with Crippen LogP contribution in [-0.2, 0) is 13.0 Å². The molecule has 0 aliphatic heterocycles. The smallest absolute Gasteiger partial charge is 0.147 e. The summed E-state index contributed by atoms with van der Waals surface area (Å²) in [5.74, 6) is 1.26. The molecule has 1 aromatic heterocycles. The molecule has 0 amide bonds. The largest absolute Gasteiger partial charge is 0.312 e. The molecule has 2 aromatic rings. The van der Waals surface area contributed by atoms with E-state index in [1.165, 1.54) is 0 Å². The molecule has 4 heteroatoms. The van der Waals surface area contributed by atoms with Crippen LogP contribution in [0.1, 0.15) is 32.2 Å². The lowest BCUT2D eigenvalue weighted by Crippen LogP contribution is -2.19. The van der Waals surface area contributed by atoms with Gasteiger partial charge in [-0.15, -0.1) is 0 Å². The maximum absolute atomic E-state index is 14.2. The van der Waals surface area contributed by atoms with Crippen molar-refractivity contribution in [3.05, 3.63) is 47.8 Å². The van der Waals surface area contributed by atoms with Crippen molar-refractivity contribution in [1.82, 2.24) is 14.9 Å². The van der Waals surface area contributed by atoms with E-state index in [0.717, 1.165) is 24.4 Å². The molecule has 0 radical (unpaired) electrons. The molecule has 0 saturated carbocycles. The van der Waals surface area contributed by atoms with E-state index in [0.29, 0.717) is 18.2 Å². The van der Waals surface area contributed by atoms with Crippen molar-refractivity contribution in [3.8, 4) is 5.69 Å². The monoisotopic (exact) mass is 275 g/mol. The first-order valence-corrected chi connectivity index (χ1v) is 7.13. The fourth-order valence-corrected chi connectivity index (χ4v) is 2.18. The predicted octanol–water partition coefficient (Wildman–Crippen LogP) is 3.32. The molecule has 1 N–H and O–H groups in total. The molecule has 2 rings (SSSR count). The van der Waals surface area contributed by atoms with E-state index in [9.17, 15) is 4.39 Å².